The molecule has 0 aliphatic carbocycles. The lowest BCUT2D eigenvalue weighted by molar-refractivity contribution is 0.576. The first-order chi connectivity index (χ1) is 5.20. The van der Waals surface area contributed by atoms with Crippen molar-refractivity contribution in [2.75, 3.05) is 6.54 Å². The molecule has 0 saturated heterocycles. The Kier molecular flexibility index (Phi) is 4.91. The van der Waals surface area contributed by atoms with E-state index in [9.17, 15) is 0 Å². The highest BCUT2D eigenvalue weighted by Gasteiger charge is 1.96. The lowest BCUT2D eigenvalue weighted by Crippen LogP contribution is -2.28. The van der Waals surface area contributed by atoms with E-state index in [1.165, 1.54) is 0 Å². The molecule has 0 saturated carbocycles. The highest BCUT2D eigenvalue weighted by molar-refractivity contribution is 5.79. The van der Waals surface area contributed by atoms with Crippen molar-refractivity contribution in [1.29, 1.82) is 5.26 Å². The Morgan fingerprint density at radius 2 is 2.45 bits per heavy atom. The first-order valence-electron chi connectivity index (χ1n) is 3.65. The van der Waals surface area contributed by atoms with Crippen LogP contribution >= 0.6 is 0 Å². The van der Waals surface area contributed by atoms with Crippen LogP contribution in [-0.4, -0.2) is 12.5 Å². The molecule has 0 aliphatic heterocycles. The maximum atomic E-state index is 8.14. The maximum Gasteiger partial charge on any atom is 0.202 e. The molecule has 11 heavy (non-hydrogen) atoms. The molecule has 1 atom stereocenters. The summed E-state index contributed by atoms with van der Waals surface area (Å²) < 4.78 is 0. The number of nitriles is 1. The van der Waals surface area contributed by atoms with Gasteiger partial charge in [-0.05, 0) is 5.92 Å². The van der Waals surface area contributed by atoms with E-state index in [0.717, 1.165) is 6.42 Å². The Morgan fingerprint density at radius 1 is 1.82 bits per heavy atom. The fourth-order valence-corrected chi connectivity index (χ4v) is 0.480. The normalized spacial score (nSPS) is 13.7. The van der Waals surface area contributed by atoms with E-state index in [2.05, 4.69) is 24.2 Å². The van der Waals surface area contributed by atoms with Gasteiger partial charge in [0.15, 0.2) is 6.19 Å². The number of nitrogens with two attached hydrogens (primary N) is 1. The molecule has 0 aromatic carbocycles. The largest absolute Gasteiger partial charge is 0.369 e. The second-order valence-electron chi connectivity index (χ2n) is 2.48. The quantitative estimate of drug-likeness (QED) is 0.268. The fourth-order valence-electron chi connectivity index (χ4n) is 0.480. The van der Waals surface area contributed by atoms with Crippen LogP contribution in [0.1, 0.15) is 20.3 Å². The minimum Gasteiger partial charge on any atom is -0.369 e. The molecule has 0 amide bonds. The van der Waals surface area contributed by atoms with Crippen molar-refractivity contribution in [2.24, 2.45) is 16.6 Å². The van der Waals surface area contributed by atoms with Gasteiger partial charge in [-0.25, -0.2) is 0 Å². The lowest BCUT2D eigenvalue weighted by atomic mass is 10.1. The van der Waals surface area contributed by atoms with Crippen molar-refractivity contribution in [3.8, 4) is 6.19 Å². The number of aliphatic imine (C=N–C) groups is 1. The summed E-state index contributed by atoms with van der Waals surface area (Å²) in [4.78, 5) is 3.95. The van der Waals surface area contributed by atoms with Crippen LogP contribution in [0.3, 0.4) is 0 Å². The number of rotatable bonds is 3. The summed E-state index contributed by atoms with van der Waals surface area (Å²) in [6.45, 7) is 4.86. The number of hydrogen-bond donors (Lipinski definition) is 2. The zero-order chi connectivity index (χ0) is 8.69. The number of hydrogen-bond acceptors (Lipinski definition) is 2. The SMILES string of the molecule is CCC(C)CN=C(N)NC#N. The van der Waals surface area contributed by atoms with Crippen molar-refractivity contribution in [3.63, 3.8) is 0 Å². The number of nitrogens with zero attached hydrogens (tertiary/aromatic N) is 2. The molecule has 1 unspecified atom stereocenters. The van der Waals surface area contributed by atoms with Crippen molar-refractivity contribution in [3.05, 3.63) is 0 Å². The topological polar surface area (TPSA) is 74.2 Å². The van der Waals surface area contributed by atoms with E-state index in [0.29, 0.717) is 12.5 Å². The van der Waals surface area contributed by atoms with Crippen LogP contribution in [0.15, 0.2) is 4.99 Å². The van der Waals surface area contributed by atoms with Gasteiger partial charge in [-0.15, -0.1) is 0 Å². The predicted octanol–water partition coefficient (Wildman–Crippen LogP) is 0.418. The molecule has 62 valence electrons. The number of nitrogens with one attached hydrogen (secondary N) is 1. The van der Waals surface area contributed by atoms with Crippen LogP contribution in [0.25, 0.3) is 0 Å². The third kappa shape index (κ3) is 5.22. The second kappa shape index (κ2) is 5.54. The van der Waals surface area contributed by atoms with Gasteiger partial charge < -0.3 is 5.73 Å². The summed E-state index contributed by atoms with van der Waals surface area (Å²) >= 11 is 0. The predicted molar refractivity (Wildman–Crippen MR) is 44.7 cm³/mol. The molecule has 0 aromatic rings. The van der Waals surface area contributed by atoms with Gasteiger partial charge in [-0.2, -0.15) is 5.26 Å². The highest BCUT2D eigenvalue weighted by Crippen LogP contribution is 1.99. The molecular formula is C7H14N4. The Balaban J connectivity index is 3.65. The molecule has 4 nitrogen and oxygen atoms in total. The molecule has 4 heteroatoms. The molecule has 0 heterocycles. The lowest BCUT2D eigenvalue weighted by Gasteiger charge is -2.03. The molecule has 3 N–H and O–H groups in total. The summed E-state index contributed by atoms with van der Waals surface area (Å²) in [6.07, 6.45) is 2.78. The summed E-state index contributed by atoms with van der Waals surface area (Å²) in [5.74, 6) is 0.724. The fraction of sp³-hybridized carbons (Fsp3) is 0.714. The number of guanidine groups is 1. The van der Waals surface area contributed by atoms with Crippen LogP contribution in [0, 0.1) is 17.4 Å². The first kappa shape index (κ1) is 9.76. The van der Waals surface area contributed by atoms with Gasteiger partial charge in [0, 0.05) is 6.54 Å². The molecule has 0 fully saturated rings. The van der Waals surface area contributed by atoms with Gasteiger partial charge in [0.25, 0.3) is 0 Å². The third-order valence-corrected chi connectivity index (χ3v) is 1.45. The maximum absolute atomic E-state index is 8.14. The van der Waals surface area contributed by atoms with Gasteiger partial charge in [0.05, 0.1) is 0 Å². The van der Waals surface area contributed by atoms with Crippen LogP contribution < -0.4 is 11.1 Å². The minimum absolute atomic E-state index is 0.202. The molecule has 0 aromatic heterocycles. The van der Waals surface area contributed by atoms with Crippen LogP contribution in [0.5, 0.6) is 0 Å². The van der Waals surface area contributed by atoms with Gasteiger partial charge in [-0.1, -0.05) is 20.3 Å². The van der Waals surface area contributed by atoms with E-state index >= 15 is 0 Å². The van der Waals surface area contributed by atoms with Gasteiger partial charge in [0.1, 0.15) is 0 Å². The third-order valence-electron chi connectivity index (χ3n) is 1.45. The van der Waals surface area contributed by atoms with E-state index in [1.807, 2.05) is 0 Å². The molecule has 0 bridgehead atoms. The molecule has 0 rings (SSSR count). The molecule has 0 spiro atoms. The average Bonchev–Trinajstić information content (AvgIpc) is 2.01. The smallest absolute Gasteiger partial charge is 0.202 e. The Labute approximate surface area is 67.1 Å². The molecular weight excluding hydrogens is 140 g/mol. The summed E-state index contributed by atoms with van der Waals surface area (Å²) in [5, 5.41) is 10.4. The van der Waals surface area contributed by atoms with Crippen molar-refractivity contribution in [1.82, 2.24) is 5.32 Å². The Morgan fingerprint density at radius 3 is 2.91 bits per heavy atom. The van der Waals surface area contributed by atoms with Crippen molar-refractivity contribution >= 4 is 5.96 Å². The summed E-state index contributed by atoms with van der Waals surface area (Å²) in [7, 11) is 0. The van der Waals surface area contributed by atoms with Crippen LogP contribution in [0.4, 0.5) is 0 Å². The van der Waals surface area contributed by atoms with Crippen LogP contribution in [0.2, 0.25) is 0 Å². The van der Waals surface area contributed by atoms with Crippen molar-refractivity contribution in [2.45, 2.75) is 20.3 Å². The average molecular weight is 154 g/mol. The van der Waals surface area contributed by atoms with Gasteiger partial charge in [0.2, 0.25) is 5.96 Å². The van der Waals surface area contributed by atoms with Crippen molar-refractivity contribution < 1.29 is 0 Å². The zero-order valence-corrected chi connectivity index (χ0v) is 6.96. The molecule has 0 radical (unpaired) electrons. The standard InChI is InChI=1S/C7H14N4/c1-3-6(2)4-10-7(9)11-5-8/h6H,3-4H2,1-2H3,(H3,9,10,11). The van der Waals surface area contributed by atoms with Gasteiger partial charge >= 0.3 is 0 Å². The Bertz CT molecular complexity index is 168. The second-order valence-corrected chi connectivity index (χ2v) is 2.48. The first-order valence-corrected chi connectivity index (χ1v) is 3.65. The Hall–Kier alpha value is -1.24. The summed E-state index contributed by atoms with van der Waals surface area (Å²) in [6, 6.07) is 0. The monoisotopic (exact) mass is 154 g/mol. The van der Waals surface area contributed by atoms with E-state index in [1.54, 1.807) is 6.19 Å². The summed E-state index contributed by atoms with van der Waals surface area (Å²) in [5.41, 5.74) is 5.30. The highest BCUT2D eigenvalue weighted by atomic mass is 15.1. The zero-order valence-electron chi connectivity index (χ0n) is 6.96. The van der Waals surface area contributed by atoms with Gasteiger partial charge in [-0.3, -0.25) is 10.3 Å². The van der Waals surface area contributed by atoms with Crippen LogP contribution in [-0.2, 0) is 0 Å². The van der Waals surface area contributed by atoms with E-state index < -0.39 is 0 Å². The van der Waals surface area contributed by atoms with E-state index in [4.69, 9.17) is 11.0 Å². The minimum atomic E-state index is 0.202. The van der Waals surface area contributed by atoms with E-state index in [-0.39, 0.29) is 5.96 Å². The molecule has 0 aliphatic rings.